The van der Waals surface area contributed by atoms with Crippen LogP contribution in [0, 0.1) is 0 Å². The van der Waals surface area contributed by atoms with E-state index in [4.69, 9.17) is 4.42 Å². The van der Waals surface area contributed by atoms with Gasteiger partial charge in [-0.1, -0.05) is 60.3 Å². The van der Waals surface area contributed by atoms with Crippen LogP contribution in [0.3, 0.4) is 0 Å². The molecule has 2 heterocycles. The van der Waals surface area contributed by atoms with Crippen LogP contribution in [0.2, 0.25) is 0 Å². The summed E-state index contributed by atoms with van der Waals surface area (Å²) >= 11 is 1.42. The van der Waals surface area contributed by atoms with Gasteiger partial charge in [0.1, 0.15) is 5.58 Å². The lowest BCUT2D eigenvalue weighted by atomic mass is 10.0. The molecule has 0 unspecified atom stereocenters. The SMILES string of the molecule is O=C(c1ccccc1)c1ccc2nc(SCc3cc4ccccc4oc3=O)[nH]c2c1. The number of thioether (sulfide) groups is 1. The van der Waals surface area contributed by atoms with E-state index in [1.807, 2.05) is 54.6 Å². The molecule has 2 aromatic heterocycles. The van der Waals surface area contributed by atoms with E-state index >= 15 is 0 Å². The van der Waals surface area contributed by atoms with Crippen LogP contribution in [0.1, 0.15) is 21.5 Å². The van der Waals surface area contributed by atoms with Gasteiger partial charge in [-0.25, -0.2) is 9.78 Å². The zero-order valence-corrected chi connectivity index (χ0v) is 16.6. The normalized spacial score (nSPS) is 11.2. The molecule has 0 aliphatic heterocycles. The number of ketones is 1. The lowest BCUT2D eigenvalue weighted by Gasteiger charge is -2.01. The maximum absolute atomic E-state index is 12.7. The van der Waals surface area contributed by atoms with Gasteiger partial charge in [0.05, 0.1) is 11.0 Å². The second-order valence-electron chi connectivity index (χ2n) is 6.85. The van der Waals surface area contributed by atoms with E-state index < -0.39 is 0 Å². The molecule has 0 bridgehead atoms. The Bertz CT molecular complexity index is 1440. The molecular weight excluding hydrogens is 396 g/mol. The van der Waals surface area contributed by atoms with E-state index in [0.29, 0.717) is 33.2 Å². The van der Waals surface area contributed by atoms with Gasteiger partial charge >= 0.3 is 5.63 Å². The molecule has 0 saturated carbocycles. The third kappa shape index (κ3) is 3.53. The summed E-state index contributed by atoms with van der Waals surface area (Å²) in [5.41, 5.74) is 3.62. The fourth-order valence-electron chi connectivity index (χ4n) is 3.30. The molecule has 0 spiro atoms. The van der Waals surface area contributed by atoms with Gasteiger partial charge in [-0.15, -0.1) is 0 Å². The van der Waals surface area contributed by atoms with Crippen LogP contribution in [0.5, 0.6) is 0 Å². The Kier molecular flexibility index (Phi) is 4.69. The average molecular weight is 412 g/mol. The number of rotatable bonds is 5. The first-order chi connectivity index (χ1) is 14.7. The number of benzene rings is 3. The highest BCUT2D eigenvalue weighted by atomic mass is 32.2. The summed E-state index contributed by atoms with van der Waals surface area (Å²) in [6, 6.07) is 23.9. The van der Waals surface area contributed by atoms with Gasteiger partial charge in [0.15, 0.2) is 10.9 Å². The molecule has 0 aliphatic carbocycles. The summed E-state index contributed by atoms with van der Waals surface area (Å²) in [6.45, 7) is 0. The Morgan fingerprint density at radius 3 is 2.60 bits per heavy atom. The fourth-order valence-corrected chi connectivity index (χ4v) is 4.14. The van der Waals surface area contributed by atoms with Crippen LogP contribution in [-0.2, 0) is 5.75 Å². The molecular formula is C24H16N2O3S. The number of para-hydroxylation sites is 1. The molecule has 0 atom stereocenters. The number of imidazole rings is 1. The quantitative estimate of drug-likeness (QED) is 0.244. The second-order valence-corrected chi connectivity index (χ2v) is 7.82. The van der Waals surface area contributed by atoms with Crippen molar-refractivity contribution in [2.45, 2.75) is 10.9 Å². The zero-order valence-electron chi connectivity index (χ0n) is 15.8. The number of H-pyrrole nitrogens is 1. The summed E-state index contributed by atoms with van der Waals surface area (Å²) in [4.78, 5) is 32.7. The van der Waals surface area contributed by atoms with Crippen molar-refractivity contribution >= 4 is 39.5 Å². The Balaban J connectivity index is 1.39. The largest absolute Gasteiger partial charge is 0.423 e. The van der Waals surface area contributed by atoms with Crippen molar-refractivity contribution < 1.29 is 9.21 Å². The third-order valence-electron chi connectivity index (χ3n) is 4.84. The summed E-state index contributed by atoms with van der Waals surface area (Å²) < 4.78 is 5.39. The summed E-state index contributed by atoms with van der Waals surface area (Å²) in [5.74, 6) is 0.401. The van der Waals surface area contributed by atoms with Crippen molar-refractivity contribution in [3.63, 3.8) is 0 Å². The number of fused-ring (bicyclic) bond motifs is 2. The molecule has 5 aromatic rings. The van der Waals surface area contributed by atoms with Crippen LogP contribution in [0.25, 0.3) is 22.0 Å². The summed E-state index contributed by atoms with van der Waals surface area (Å²) in [6.07, 6.45) is 0. The molecule has 5 rings (SSSR count). The smallest absolute Gasteiger partial charge is 0.340 e. The Labute approximate surface area is 175 Å². The average Bonchev–Trinajstić information content (AvgIpc) is 3.20. The molecule has 0 radical (unpaired) electrons. The van der Waals surface area contributed by atoms with E-state index in [1.165, 1.54) is 11.8 Å². The molecule has 30 heavy (non-hydrogen) atoms. The van der Waals surface area contributed by atoms with Crippen molar-refractivity contribution in [2.75, 3.05) is 0 Å². The van der Waals surface area contributed by atoms with Gasteiger partial charge in [0, 0.05) is 27.8 Å². The number of nitrogens with one attached hydrogen (secondary N) is 1. The third-order valence-corrected chi connectivity index (χ3v) is 5.76. The predicted octanol–water partition coefficient (Wildman–Crippen LogP) is 5.19. The lowest BCUT2D eigenvalue weighted by molar-refractivity contribution is 0.103. The van der Waals surface area contributed by atoms with E-state index in [9.17, 15) is 9.59 Å². The van der Waals surface area contributed by atoms with E-state index in [0.717, 1.165) is 16.4 Å². The first-order valence-electron chi connectivity index (χ1n) is 9.41. The molecule has 0 aliphatic rings. The highest BCUT2D eigenvalue weighted by Gasteiger charge is 2.12. The van der Waals surface area contributed by atoms with Crippen molar-refractivity contribution in [1.29, 1.82) is 0 Å². The minimum absolute atomic E-state index is 0.0323. The minimum atomic E-state index is -0.340. The number of aromatic amines is 1. The maximum Gasteiger partial charge on any atom is 0.340 e. The lowest BCUT2D eigenvalue weighted by Crippen LogP contribution is -2.05. The summed E-state index contributed by atoms with van der Waals surface area (Å²) in [5, 5.41) is 1.57. The Hall–Kier alpha value is -3.64. The second kappa shape index (κ2) is 7.65. The van der Waals surface area contributed by atoms with Crippen LogP contribution in [0.15, 0.2) is 93.2 Å². The number of hydrogen-bond donors (Lipinski definition) is 1. The first-order valence-corrected chi connectivity index (χ1v) is 10.4. The van der Waals surface area contributed by atoms with E-state index in [1.54, 1.807) is 24.3 Å². The Morgan fingerprint density at radius 1 is 0.933 bits per heavy atom. The topological polar surface area (TPSA) is 76.0 Å². The Morgan fingerprint density at radius 2 is 1.73 bits per heavy atom. The van der Waals surface area contributed by atoms with Crippen LogP contribution < -0.4 is 5.63 Å². The number of carbonyl (C=O) groups is 1. The van der Waals surface area contributed by atoms with E-state index in [-0.39, 0.29) is 11.4 Å². The molecule has 3 aromatic carbocycles. The van der Waals surface area contributed by atoms with E-state index in [2.05, 4.69) is 9.97 Å². The van der Waals surface area contributed by atoms with Gasteiger partial charge in [-0.3, -0.25) is 4.79 Å². The van der Waals surface area contributed by atoms with Gasteiger partial charge in [0.25, 0.3) is 0 Å². The molecule has 5 nitrogen and oxygen atoms in total. The molecule has 0 saturated heterocycles. The van der Waals surface area contributed by atoms with Crippen molar-refractivity contribution in [3.05, 3.63) is 106 Å². The predicted molar refractivity (Wildman–Crippen MR) is 118 cm³/mol. The van der Waals surface area contributed by atoms with Crippen molar-refractivity contribution in [3.8, 4) is 0 Å². The molecule has 6 heteroatoms. The fraction of sp³-hybridized carbons (Fsp3) is 0.0417. The molecule has 0 fully saturated rings. The van der Waals surface area contributed by atoms with Gasteiger partial charge in [-0.2, -0.15) is 0 Å². The van der Waals surface area contributed by atoms with Crippen LogP contribution in [-0.4, -0.2) is 15.8 Å². The monoisotopic (exact) mass is 412 g/mol. The number of hydrogen-bond acceptors (Lipinski definition) is 5. The summed E-state index contributed by atoms with van der Waals surface area (Å²) in [7, 11) is 0. The number of nitrogens with zero attached hydrogens (tertiary/aromatic N) is 1. The maximum atomic E-state index is 12.7. The van der Waals surface area contributed by atoms with Crippen molar-refractivity contribution in [2.24, 2.45) is 0 Å². The minimum Gasteiger partial charge on any atom is -0.423 e. The van der Waals surface area contributed by atoms with Gasteiger partial charge < -0.3 is 9.40 Å². The molecule has 0 amide bonds. The number of aromatic nitrogens is 2. The van der Waals surface area contributed by atoms with Crippen LogP contribution >= 0.6 is 11.8 Å². The van der Waals surface area contributed by atoms with Gasteiger partial charge in [0.2, 0.25) is 0 Å². The zero-order chi connectivity index (χ0) is 20.5. The first kappa shape index (κ1) is 18.4. The highest BCUT2D eigenvalue weighted by Crippen LogP contribution is 2.24. The van der Waals surface area contributed by atoms with Crippen molar-refractivity contribution in [1.82, 2.24) is 9.97 Å². The number of carbonyl (C=O) groups excluding carboxylic acids is 1. The van der Waals surface area contributed by atoms with Crippen LogP contribution in [0.4, 0.5) is 0 Å². The highest BCUT2D eigenvalue weighted by molar-refractivity contribution is 7.98. The van der Waals surface area contributed by atoms with Gasteiger partial charge in [-0.05, 0) is 30.3 Å². The standard InChI is InChI=1S/C24H16N2O3S/c27-22(15-6-2-1-3-7-15)17-10-11-19-20(13-17)26-24(25-19)30-14-18-12-16-8-4-5-9-21(16)29-23(18)28/h1-13H,14H2,(H,25,26). The molecule has 146 valence electrons. The molecule has 1 N–H and O–H groups in total.